The molecule has 0 bridgehead atoms. The fourth-order valence-electron chi connectivity index (χ4n) is 0.218. The van der Waals surface area contributed by atoms with Gasteiger partial charge >= 0.3 is 0 Å². The van der Waals surface area contributed by atoms with Crippen LogP contribution < -0.4 is 5.73 Å². The van der Waals surface area contributed by atoms with Gasteiger partial charge in [0.2, 0.25) is 0 Å². The largest absolute Gasteiger partial charge is 0.324 e. The molecule has 0 heterocycles. The van der Waals surface area contributed by atoms with Crippen molar-refractivity contribution in [2.24, 2.45) is 5.73 Å². The van der Waals surface area contributed by atoms with Crippen molar-refractivity contribution in [3.63, 3.8) is 0 Å². The normalized spacial score (nSPS) is 13.1. The van der Waals surface area contributed by atoms with Gasteiger partial charge in [-0.2, -0.15) is 0 Å². The maximum atomic E-state index is 5.80. The molecular weight excluding hydrogens is 236 g/mol. The summed E-state index contributed by atoms with van der Waals surface area (Å²) in [5.74, 6) is 0. The van der Waals surface area contributed by atoms with Gasteiger partial charge in [-0.25, -0.2) is 0 Å². The van der Waals surface area contributed by atoms with Crippen LogP contribution >= 0.6 is 23.6 Å². The van der Waals surface area contributed by atoms with Crippen LogP contribution in [0.4, 0.5) is 0 Å². The molecule has 64 valence electrons. The molecule has 0 aliphatic carbocycles. The summed E-state index contributed by atoms with van der Waals surface area (Å²) < 4.78 is 1.09. The zero-order chi connectivity index (χ0) is 8.58. The minimum Gasteiger partial charge on any atom is -0.324 e. The molecular formula is C6H14Cl2N2Zn. The maximum absolute atomic E-state index is 5.80. The number of rotatable bonds is 2. The standard InChI is InChI=1S/C6H14Cl2N2.Zn/c1-5(2,9)6(3,4)10(7)8;/h9H2,1-4H3;. The molecule has 2 N–H and O–H groups in total. The molecule has 0 aromatic rings. The van der Waals surface area contributed by atoms with Gasteiger partial charge in [0.15, 0.2) is 0 Å². The first kappa shape index (κ1) is 14.6. The summed E-state index contributed by atoms with van der Waals surface area (Å²) in [6.45, 7) is 7.52. The second kappa shape index (κ2) is 4.39. The summed E-state index contributed by atoms with van der Waals surface area (Å²) >= 11 is 11.1. The van der Waals surface area contributed by atoms with Crippen molar-refractivity contribution in [1.82, 2.24) is 3.94 Å². The summed E-state index contributed by atoms with van der Waals surface area (Å²) in [6, 6.07) is 0. The van der Waals surface area contributed by atoms with E-state index in [-0.39, 0.29) is 19.5 Å². The van der Waals surface area contributed by atoms with Gasteiger partial charge in [-0.3, -0.25) is 0 Å². The molecule has 0 amide bonds. The molecule has 0 spiro atoms. The Hall–Kier alpha value is 1.12. The van der Waals surface area contributed by atoms with Gasteiger partial charge < -0.3 is 5.73 Å². The van der Waals surface area contributed by atoms with Crippen LogP contribution in [0.25, 0.3) is 0 Å². The average molecular weight is 250 g/mol. The van der Waals surface area contributed by atoms with E-state index in [1.54, 1.807) is 0 Å². The Labute approximate surface area is 91.4 Å². The second-order valence-electron chi connectivity index (χ2n) is 3.51. The van der Waals surface area contributed by atoms with Gasteiger partial charge in [0, 0.05) is 25.0 Å². The van der Waals surface area contributed by atoms with E-state index < -0.39 is 11.1 Å². The summed E-state index contributed by atoms with van der Waals surface area (Å²) in [4.78, 5) is 0. The van der Waals surface area contributed by atoms with Crippen LogP contribution in [0.2, 0.25) is 0 Å². The number of nitrogens with zero attached hydrogens (tertiary/aromatic N) is 1. The van der Waals surface area contributed by atoms with Crippen molar-refractivity contribution in [1.29, 1.82) is 0 Å². The van der Waals surface area contributed by atoms with E-state index in [1.807, 2.05) is 27.7 Å². The molecule has 0 aliphatic rings. The third-order valence-corrected chi connectivity index (χ3v) is 2.84. The van der Waals surface area contributed by atoms with Crippen molar-refractivity contribution < 1.29 is 19.5 Å². The topological polar surface area (TPSA) is 29.3 Å². The molecule has 0 saturated heterocycles. The molecule has 0 unspecified atom stereocenters. The van der Waals surface area contributed by atoms with E-state index in [9.17, 15) is 0 Å². The fraction of sp³-hybridized carbons (Fsp3) is 1.00. The first-order valence-corrected chi connectivity index (χ1v) is 3.78. The number of nitrogens with two attached hydrogens (primary N) is 1. The molecule has 0 rings (SSSR count). The van der Waals surface area contributed by atoms with Gasteiger partial charge in [-0.15, -0.1) is 3.94 Å². The van der Waals surface area contributed by atoms with Crippen LogP contribution in [0, 0.1) is 0 Å². The van der Waals surface area contributed by atoms with Gasteiger partial charge in [-0.1, -0.05) is 0 Å². The Balaban J connectivity index is 0. The van der Waals surface area contributed by atoms with E-state index >= 15 is 0 Å². The Kier molecular flexibility index (Phi) is 5.83. The van der Waals surface area contributed by atoms with Crippen LogP contribution in [0.3, 0.4) is 0 Å². The maximum Gasteiger partial charge on any atom is 0.0643 e. The van der Waals surface area contributed by atoms with Crippen LogP contribution in [0.5, 0.6) is 0 Å². The fourth-order valence-corrected chi connectivity index (χ4v) is 0.653. The first-order chi connectivity index (χ1) is 4.19. The van der Waals surface area contributed by atoms with E-state index in [1.165, 1.54) is 0 Å². The van der Waals surface area contributed by atoms with Crippen LogP contribution in [0.15, 0.2) is 0 Å². The molecule has 11 heavy (non-hydrogen) atoms. The predicted molar refractivity (Wildman–Crippen MR) is 45.9 cm³/mol. The van der Waals surface area contributed by atoms with Crippen LogP contribution in [-0.4, -0.2) is 15.0 Å². The minimum atomic E-state index is -0.421. The summed E-state index contributed by atoms with van der Waals surface area (Å²) in [7, 11) is 0. The van der Waals surface area contributed by atoms with Gasteiger partial charge in [0.05, 0.1) is 5.54 Å². The number of hydrogen-bond donors (Lipinski definition) is 1. The Morgan fingerprint density at radius 1 is 1.09 bits per heavy atom. The molecule has 5 heteroatoms. The van der Waals surface area contributed by atoms with E-state index in [2.05, 4.69) is 0 Å². The van der Waals surface area contributed by atoms with Crippen molar-refractivity contribution >= 4 is 23.6 Å². The van der Waals surface area contributed by atoms with Gasteiger partial charge in [0.25, 0.3) is 0 Å². The molecule has 0 aromatic heterocycles. The van der Waals surface area contributed by atoms with Gasteiger partial charge in [-0.05, 0) is 51.2 Å². The Morgan fingerprint density at radius 2 is 1.36 bits per heavy atom. The van der Waals surface area contributed by atoms with Crippen molar-refractivity contribution in [3.8, 4) is 0 Å². The molecule has 0 atom stereocenters. The third-order valence-electron chi connectivity index (χ3n) is 2.00. The monoisotopic (exact) mass is 248 g/mol. The van der Waals surface area contributed by atoms with E-state index in [0.29, 0.717) is 0 Å². The number of halogens is 2. The SMILES string of the molecule is CC(C)(N)C(C)(C)N(Cl)Cl.[Zn]. The summed E-state index contributed by atoms with van der Waals surface area (Å²) in [5, 5.41) is 0. The van der Waals surface area contributed by atoms with E-state index in [4.69, 9.17) is 29.3 Å². The number of hydrogen-bond acceptors (Lipinski definition) is 2. The Morgan fingerprint density at radius 3 is 1.36 bits per heavy atom. The minimum absolute atomic E-state index is 0. The summed E-state index contributed by atoms with van der Waals surface area (Å²) in [6.07, 6.45) is 0. The molecule has 0 radical (unpaired) electrons. The predicted octanol–water partition coefficient (Wildman–Crippen LogP) is 2.11. The first-order valence-electron chi connectivity index (χ1n) is 3.10. The molecule has 0 fully saturated rings. The smallest absolute Gasteiger partial charge is 0.0643 e. The molecule has 0 aliphatic heterocycles. The van der Waals surface area contributed by atoms with E-state index in [0.717, 1.165) is 3.94 Å². The zero-order valence-corrected chi connectivity index (χ0v) is 12.0. The molecule has 0 aromatic carbocycles. The van der Waals surface area contributed by atoms with Crippen LogP contribution in [-0.2, 0) is 19.5 Å². The third kappa shape index (κ3) is 3.56. The average Bonchev–Trinajstić information content (AvgIpc) is 1.62. The van der Waals surface area contributed by atoms with Crippen molar-refractivity contribution in [3.05, 3.63) is 0 Å². The zero-order valence-electron chi connectivity index (χ0n) is 7.49. The van der Waals surface area contributed by atoms with Crippen LogP contribution in [0.1, 0.15) is 27.7 Å². The van der Waals surface area contributed by atoms with Crippen molar-refractivity contribution in [2.45, 2.75) is 38.8 Å². The Bertz CT molecular complexity index is 120. The quantitative estimate of drug-likeness (QED) is 0.601. The van der Waals surface area contributed by atoms with Gasteiger partial charge in [0.1, 0.15) is 0 Å². The van der Waals surface area contributed by atoms with Crippen molar-refractivity contribution in [2.75, 3.05) is 0 Å². The summed E-state index contributed by atoms with van der Waals surface area (Å²) in [5.41, 5.74) is 4.96. The molecule has 2 nitrogen and oxygen atoms in total. The molecule has 0 saturated carbocycles. The second-order valence-corrected chi connectivity index (χ2v) is 4.36.